The Labute approximate surface area is 166 Å². The molecule has 0 fully saturated rings. The first kappa shape index (κ1) is 19.3. The van der Waals surface area contributed by atoms with Crippen molar-refractivity contribution in [3.05, 3.63) is 57.7 Å². The van der Waals surface area contributed by atoms with Gasteiger partial charge in [-0.1, -0.05) is 12.1 Å². The number of thiazole rings is 1. The van der Waals surface area contributed by atoms with Gasteiger partial charge in [-0.25, -0.2) is 4.98 Å². The third-order valence-corrected chi connectivity index (χ3v) is 5.34. The fraction of sp³-hybridized carbons (Fsp3) is 0.250. The molecule has 0 saturated heterocycles. The van der Waals surface area contributed by atoms with Gasteiger partial charge in [-0.2, -0.15) is 11.3 Å². The van der Waals surface area contributed by atoms with E-state index in [0.717, 1.165) is 21.8 Å². The van der Waals surface area contributed by atoms with E-state index in [4.69, 9.17) is 0 Å². The summed E-state index contributed by atoms with van der Waals surface area (Å²) >= 11 is 3.17. The minimum atomic E-state index is -0.109. The predicted octanol–water partition coefficient (Wildman–Crippen LogP) is 4.12. The maximum Gasteiger partial charge on any atom is 0.230 e. The number of nitrogens with zero attached hydrogens (tertiary/aromatic N) is 1. The van der Waals surface area contributed by atoms with Crippen LogP contribution in [0.25, 0.3) is 10.6 Å². The van der Waals surface area contributed by atoms with Crippen LogP contribution in [-0.2, 0) is 22.4 Å². The molecule has 0 bridgehead atoms. The Morgan fingerprint density at radius 2 is 1.81 bits per heavy atom. The average molecular weight is 400 g/mol. The number of carbonyl (C=O) groups excluding carboxylic acids is 2. The van der Waals surface area contributed by atoms with Gasteiger partial charge in [-0.3, -0.25) is 9.59 Å². The summed E-state index contributed by atoms with van der Waals surface area (Å²) in [6, 6.07) is 9.49. The summed E-state index contributed by atoms with van der Waals surface area (Å²) in [5, 5.41) is 12.7. The van der Waals surface area contributed by atoms with Crippen LogP contribution in [0.1, 0.15) is 25.1 Å². The third kappa shape index (κ3) is 5.74. The maximum absolute atomic E-state index is 12.3. The SMILES string of the molecule is CC(C)NC(=O)Cc1ccc(NC(=O)Cc2csc(-c3ccsc3)n2)cc1. The van der Waals surface area contributed by atoms with Crippen LogP contribution < -0.4 is 10.6 Å². The molecule has 0 spiro atoms. The highest BCUT2D eigenvalue weighted by molar-refractivity contribution is 7.14. The van der Waals surface area contributed by atoms with E-state index in [9.17, 15) is 9.59 Å². The van der Waals surface area contributed by atoms with Crippen molar-refractivity contribution in [3.63, 3.8) is 0 Å². The quantitative estimate of drug-likeness (QED) is 0.628. The summed E-state index contributed by atoms with van der Waals surface area (Å²) in [5.74, 6) is -0.116. The molecule has 140 valence electrons. The molecule has 2 aromatic heterocycles. The molecule has 3 aromatic rings. The highest BCUT2D eigenvalue weighted by Gasteiger charge is 2.10. The summed E-state index contributed by atoms with van der Waals surface area (Å²) in [7, 11) is 0. The van der Waals surface area contributed by atoms with Crippen molar-refractivity contribution in [2.75, 3.05) is 5.32 Å². The van der Waals surface area contributed by atoms with Gasteiger partial charge in [0.2, 0.25) is 11.8 Å². The number of benzene rings is 1. The van der Waals surface area contributed by atoms with Crippen LogP contribution in [0.4, 0.5) is 5.69 Å². The second-order valence-electron chi connectivity index (χ2n) is 6.48. The fourth-order valence-electron chi connectivity index (χ4n) is 2.54. The first-order chi connectivity index (χ1) is 13.0. The first-order valence-electron chi connectivity index (χ1n) is 8.65. The van der Waals surface area contributed by atoms with Crippen molar-refractivity contribution < 1.29 is 9.59 Å². The number of thiophene rings is 1. The van der Waals surface area contributed by atoms with Crippen molar-refractivity contribution >= 4 is 40.2 Å². The predicted molar refractivity (Wildman–Crippen MR) is 111 cm³/mol. The second-order valence-corrected chi connectivity index (χ2v) is 8.12. The Morgan fingerprint density at radius 1 is 1.04 bits per heavy atom. The lowest BCUT2D eigenvalue weighted by Gasteiger charge is -2.09. The van der Waals surface area contributed by atoms with E-state index in [1.165, 1.54) is 0 Å². The normalized spacial score (nSPS) is 10.8. The first-order valence-corrected chi connectivity index (χ1v) is 10.5. The van der Waals surface area contributed by atoms with Crippen molar-refractivity contribution in [1.29, 1.82) is 0 Å². The smallest absolute Gasteiger partial charge is 0.230 e. The zero-order valence-corrected chi connectivity index (χ0v) is 16.8. The van der Waals surface area contributed by atoms with E-state index in [0.29, 0.717) is 12.1 Å². The number of carbonyl (C=O) groups is 2. The molecular formula is C20H21N3O2S2. The largest absolute Gasteiger partial charge is 0.354 e. The van der Waals surface area contributed by atoms with Crippen molar-refractivity contribution in [2.45, 2.75) is 32.7 Å². The molecule has 5 nitrogen and oxygen atoms in total. The van der Waals surface area contributed by atoms with Crippen molar-refractivity contribution in [1.82, 2.24) is 10.3 Å². The lowest BCUT2D eigenvalue weighted by molar-refractivity contribution is -0.121. The molecule has 3 rings (SSSR count). The van der Waals surface area contributed by atoms with Crippen LogP contribution in [0, 0.1) is 0 Å². The molecular weight excluding hydrogens is 378 g/mol. The summed E-state index contributed by atoms with van der Waals surface area (Å²) in [4.78, 5) is 28.6. The molecule has 0 unspecified atom stereocenters. The number of rotatable bonds is 7. The number of aromatic nitrogens is 1. The van der Waals surface area contributed by atoms with Crippen LogP contribution in [-0.4, -0.2) is 22.8 Å². The van der Waals surface area contributed by atoms with Gasteiger partial charge < -0.3 is 10.6 Å². The number of anilines is 1. The molecule has 0 atom stereocenters. The van der Waals surface area contributed by atoms with Gasteiger partial charge >= 0.3 is 0 Å². The average Bonchev–Trinajstić information content (AvgIpc) is 3.27. The molecule has 0 aliphatic carbocycles. The Hall–Kier alpha value is -2.51. The Kier molecular flexibility index (Phi) is 6.36. The molecule has 1 aromatic carbocycles. The van der Waals surface area contributed by atoms with E-state index in [1.807, 2.05) is 60.3 Å². The summed E-state index contributed by atoms with van der Waals surface area (Å²) in [5.41, 5.74) is 3.47. The Balaban J connectivity index is 1.53. The number of hydrogen-bond acceptors (Lipinski definition) is 5. The van der Waals surface area contributed by atoms with E-state index in [1.54, 1.807) is 22.7 Å². The number of hydrogen-bond donors (Lipinski definition) is 2. The van der Waals surface area contributed by atoms with E-state index >= 15 is 0 Å². The molecule has 2 N–H and O–H groups in total. The molecule has 27 heavy (non-hydrogen) atoms. The topological polar surface area (TPSA) is 71.1 Å². The minimum absolute atomic E-state index is 0.00764. The Morgan fingerprint density at radius 3 is 2.48 bits per heavy atom. The molecule has 7 heteroatoms. The van der Waals surface area contributed by atoms with Gasteiger partial charge in [0.15, 0.2) is 0 Å². The summed E-state index contributed by atoms with van der Waals surface area (Å²) in [6.45, 7) is 3.87. The fourth-order valence-corrected chi connectivity index (χ4v) is 4.07. The van der Waals surface area contributed by atoms with Crippen LogP contribution in [0.2, 0.25) is 0 Å². The van der Waals surface area contributed by atoms with E-state index in [-0.39, 0.29) is 24.3 Å². The summed E-state index contributed by atoms with van der Waals surface area (Å²) < 4.78 is 0. The van der Waals surface area contributed by atoms with Crippen molar-refractivity contribution in [2.24, 2.45) is 0 Å². The number of nitrogens with one attached hydrogen (secondary N) is 2. The van der Waals surface area contributed by atoms with Gasteiger partial charge in [0.25, 0.3) is 0 Å². The van der Waals surface area contributed by atoms with Crippen LogP contribution >= 0.6 is 22.7 Å². The van der Waals surface area contributed by atoms with Crippen LogP contribution in [0.15, 0.2) is 46.5 Å². The highest BCUT2D eigenvalue weighted by atomic mass is 32.1. The molecule has 0 saturated carbocycles. The van der Waals surface area contributed by atoms with Gasteiger partial charge in [0, 0.05) is 28.1 Å². The van der Waals surface area contributed by atoms with Crippen LogP contribution in [0.3, 0.4) is 0 Å². The molecule has 0 aliphatic heterocycles. The van der Waals surface area contributed by atoms with E-state index in [2.05, 4.69) is 15.6 Å². The number of amides is 2. The van der Waals surface area contributed by atoms with Crippen LogP contribution in [0.5, 0.6) is 0 Å². The van der Waals surface area contributed by atoms with Gasteiger partial charge in [-0.15, -0.1) is 11.3 Å². The zero-order chi connectivity index (χ0) is 19.2. The van der Waals surface area contributed by atoms with Gasteiger partial charge in [0.1, 0.15) is 5.01 Å². The van der Waals surface area contributed by atoms with E-state index < -0.39 is 0 Å². The molecule has 2 heterocycles. The lowest BCUT2D eigenvalue weighted by Crippen LogP contribution is -2.31. The zero-order valence-electron chi connectivity index (χ0n) is 15.2. The Bertz CT molecular complexity index is 900. The second kappa shape index (κ2) is 8.92. The van der Waals surface area contributed by atoms with Gasteiger partial charge in [-0.05, 0) is 43.0 Å². The monoisotopic (exact) mass is 399 g/mol. The van der Waals surface area contributed by atoms with Gasteiger partial charge in [0.05, 0.1) is 18.5 Å². The molecule has 0 radical (unpaired) electrons. The summed E-state index contributed by atoms with van der Waals surface area (Å²) in [6.07, 6.45) is 0.565. The highest BCUT2D eigenvalue weighted by Crippen LogP contribution is 2.25. The molecule has 0 aliphatic rings. The minimum Gasteiger partial charge on any atom is -0.354 e. The standard InChI is InChI=1S/C20H21N3O2S2/c1-13(2)21-18(24)9-14-3-5-16(6-4-14)22-19(25)10-17-12-27-20(23-17)15-7-8-26-11-15/h3-8,11-13H,9-10H2,1-2H3,(H,21,24)(H,22,25). The third-order valence-electron chi connectivity index (χ3n) is 3.71. The van der Waals surface area contributed by atoms with Crippen molar-refractivity contribution in [3.8, 4) is 10.6 Å². The lowest BCUT2D eigenvalue weighted by atomic mass is 10.1. The molecule has 2 amide bonds. The maximum atomic E-state index is 12.3.